The number of carbonyl (C=O) groups is 1. The lowest BCUT2D eigenvalue weighted by Gasteiger charge is -2.29. The molecule has 0 bridgehead atoms. The fourth-order valence-electron chi connectivity index (χ4n) is 2.56. The van der Waals surface area contributed by atoms with Crippen LogP contribution in [0.4, 0.5) is 5.69 Å². The first-order valence-electron chi connectivity index (χ1n) is 8.00. The van der Waals surface area contributed by atoms with Gasteiger partial charge >= 0.3 is 0 Å². The van der Waals surface area contributed by atoms with Gasteiger partial charge in [-0.15, -0.1) is 0 Å². The molecular formula is C18H21N3O3. The average Bonchev–Trinajstić information content (AvgIpc) is 2.61. The van der Waals surface area contributed by atoms with E-state index in [4.69, 9.17) is 9.47 Å². The third-order valence-corrected chi connectivity index (χ3v) is 3.83. The number of carbonyl (C=O) groups excluding carboxylic acids is 1. The lowest BCUT2D eigenvalue weighted by Crippen LogP contribution is -2.53. The number of hydrogen-bond acceptors (Lipinski definition) is 5. The van der Waals surface area contributed by atoms with Crippen LogP contribution in [0.15, 0.2) is 48.8 Å². The monoisotopic (exact) mass is 327 g/mol. The van der Waals surface area contributed by atoms with Crippen LogP contribution in [-0.4, -0.2) is 36.2 Å². The summed E-state index contributed by atoms with van der Waals surface area (Å²) in [4.78, 5) is 16.4. The van der Waals surface area contributed by atoms with Gasteiger partial charge in [0.1, 0.15) is 18.4 Å². The zero-order valence-corrected chi connectivity index (χ0v) is 13.6. The van der Waals surface area contributed by atoms with Crippen LogP contribution in [-0.2, 0) is 16.1 Å². The second kappa shape index (κ2) is 7.90. The predicted molar refractivity (Wildman–Crippen MR) is 90.8 cm³/mol. The van der Waals surface area contributed by atoms with Gasteiger partial charge in [0.2, 0.25) is 5.91 Å². The molecule has 1 aromatic carbocycles. The highest BCUT2D eigenvalue weighted by Crippen LogP contribution is 2.19. The summed E-state index contributed by atoms with van der Waals surface area (Å²) in [5, 5.41) is 6.08. The lowest BCUT2D eigenvalue weighted by atomic mass is 10.1. The Bertz CT molecular complexity index is 678. The highest BCUT2D eigenvalue weighted by molar-refractivity contribution is 5.95. The zero-order chi connectivity index (χ0) is 16.8. The summed E-state index contributed by atoms with van der Waals surface area (Å²) < 4.78 is 11.3. The molecular weight excluding hydrogens is 306 g/mol. The van der Waals surface area contributed by atoms with Gasteiger partial charge in [0, 0.05) is 36.3 Å². The van der Waals surface area contributed by atoms with Crippen molar-refractivity contribution in [1.82, 2.24) is 10.3 Å². The van der Waals surface area contributed by atoms with Crippen LogP contribution in [0.2, 0.25) is 0 Å². The number of anilines is 1. The Balaban J connectivity index is 1.59. The number of pyridine rings is 1. The van der Waals surface area contributed by atoms with E-state index in [1.54, 1.807) is 12.4 Å². The highest BCUT2D eigenvalue weighted by Gasteiger charge is 2.28. The molecule has 2 heterocycles. The normalized spacial score (nSPS) is 20.4. The van der Waals surface area contributed by atoms with Crippen LogP contribution < -0.4 is 15.4 Å². The van der Waals surface area contributed by atoms with E-state index >= 15 is 0 Å². The first-order valence-corrected chi connectivity index (χ1v) is 8.00. The van der Waals surface area contributed by atoms with Gasteiger partial charge in [0.15, 0.2) is 0 Å². The molecule has 3 rings (SSSR count). The van der Waals surface area contributed by atoms with Crippen molar-refractivity contribution in [2.45, 2.75) is 25.7 Å². The summed E-state index contributed by atoms with van der Waals surface area (Å²) in [6.45, 7) is 3.63. The summed E-state index contributed by atoms with van der Waals surface area (Å²) in [6.07, 6.45) is 3.34. The van der Waals surface area contributed by atoms with Crippen molar-refractivity contribution in [3.8, 4) is 5.75 Å². The van der Waals surface area contributed by atoms with Crippen LogP contribution in [0.1, 0.15) is 12.5 Å². The van der Waals surface area contributed by atoms with Crippen LogP contribution in [0, 0.1) is 0 Å². The Hall–Kier alpha value is -2.44. The zero-order valence-electron chi connectivity index (χ0n) is 13.6. The highest BCUT2D eigenvalue weighted by atomic mass is 16.5. The maximum atomic E-state index is 12.4. The van der Waals surface area contributed by atoms with Gasteiger partial charge in [-0.2, -0.15) is 0 Å². The van der Waals surface area contributed by atoms with Gasteiger partial charge in [0.25, 0.3) is 0 Å². The first-order chi connectivity index (χ1) is 11.7. The summed E-state index contributed by atoms with van der Waals surface area (Å²) in [6, 6.07) is 10.8. The minimum Gasteiger partial charge on any atom is -0.489 e. The molecule has 1 aliphatic heterocycles. The van der Waals surface area contributed by atoms with Crippen LogP contribution in [0.25, 0.3) is 0 Å². The van der Waals surface area contributed by atoms with Crippen molar-refractivity contribution in [1.29, 1.82) is 0 Å². The molecule has 0 spiro atoms. The third-order valence-electron chi connectivity index (χ3n) is 3.83. The lowest BCUT2D eigenvalue weighted by molar-refractivity contribution is -0.123. The molecule has 126 valence electrons. The average molecular weight is 327 g/mol. The molecule has 1 fully saturated rings. The Morgan fingerprint density at radius 2 is 2.33 bits per heavy atom. The number of morpholine rings is 1. The van der Waals surface area contributed by atoms with Crippen molar-refractivity contribution in [3.63, 3.8) is 0 Å². The van der Waals surface area contributed by atoms with Crippen LogP contribution in [0.5, 0.6) is 5.75 Å². The number of rotatable bonds is 5. The minimum absolute atomic E-state index is 0.105. The van der Waals surface area contributed by atoms with Crippen molar-refractivity contribution in [2.75, 3.05) is 18.5 Å². The smallest absolute Gasteiger partial charge is 0.244 e. The minimum atomic E-state index is -0.348. The molecule has 2 aromatic rings. The van der Waals surface area contributed by atoms with Gasteiger partial charge in [-0.25, -0.2) is 0 Å². The van der Waals surface area contributed by atoms with E-state index in [9.17, 15) is 4.79 Å². The summed E-state index contributed by atoms with van der Waals surface area (Å²) in [5.41, 5.74) is 1.69. The standard InChI is InChI=1S/C18H21N3O3/c1-13-17(20-8-9-23-13)18(22)21-15-5-2-6-16(10-15)24-12-14-4-3-7-19-11-14/h2-7,10-11,13,17,20H,8-9,12H2,1H3,(H,21,22)/t13-,17+/m1/s1. The summed E-state index contributed by atoms with van der Waals surface area (Å²) in [7, 11) is 0. The van der Waals surface area contributed by atoms with Crippen LogP contribution in [0.3, 0.4) is 0 Å². The van der Waals surface area contributed by atoms with Gasteiger partial charge < -0.3 is 20.1 Å². The molecule has 0 saturated carbocycles. The Morgan fingerprint density at radius 1 is 1.42 bits per heavy atom. The number of nitrogens with zero attached hydrogens (tertiary/aromatic N) is 1. The molecule has 1 saturated heterocycles. The number of ether oxygens (including phenoxy) is 2. The van der Waals surface area contributed by atoms with E-state index < -0.39 is 0 Å². The van der Waals surface area contributed by atoms with Crippen molar-refractivity contribution in [2.24, 2.45) is 0 Å². The van der Waals surface area contributed by atoms with E-state index in [0.29, 0.717) is 31.2 Å². The molecule has 0 radical (unpaired) electrons. The molecule has 1 aromatic heterocycles. The van der Waals surface area contributed by atoms with E-state index in [-0.39, 0.29) is 18.1 Å². The van der Waals surface area contributed by atoms with Gasteiger partial charge in [-0.1, -0.05) is 12.1 Å². The largest absolute Gasteiger partial charge is 0.489 e. The maximum absolute atomic E-state index is 12.4. The van der Waals surface area contributed by atoms with E-state index in [1.165, 1.54) is 0 Å². The van der Waals surface area contributed by atoms with Gasteiger partial charge in [-0.3, -0.25) is 9.78 Å². The molecule has 6 heteroatoms. The van der Waals surface area contributed by atoms with Gasteiger partial charge in [0.05, 0.1) is 12.7 Å². The quantitative estimate of drug-likeness (QED) is 0.878. The van der Waals surface area contributed by atoms with Crippen molar-refractivity contribution < 1.29 is 14.3 Å². The molecule has 2 atom stereocenters. The first kappa shape index (κ1) is 16.4. The molecule has 0 aliphatic carbocycles. The number of amides is 1. The van der Waals surface area contributed by atoms with Crippen LogP contribution >= 0.6 is 0 Å². The Labute approximate surface area is 141 Å². The second-order valence-electron chi connectivity index (χ2n) is 5.67. The fourth-order valence-corrected chi connectivity index (χ4v) is 2.56. The second-order valence-corrected chi connectivity index (χ2v) is 5.67. The number of nitrogens with one attached hydrogen (secondary N) is 2. The number of hydrogen-bond donors (Lipinski definition) is 2. The fraction of sp³-hybridized carbons (Fsp3) is 0.333. The summed E-state index contributed by atoms with van der Waals surface area (Å²) in [5.74, 6) is 0.587. The predicted octanol–water partition coefficient (Wildman–Crippen LogP) is 1.98. The molecule has 1 aliphatic rings. The maximum Gasteiger partial charge on any atom is 0.244 e. The van der Waals surface area contributed by atoms with E-state index in [0.717, 1.165) is 5.56 Å². The SMILES string of the molecule is C[C@H]1OCCN[C@@H]1C(=O)Nc1cccc(OCc2cccnc2)c1. The topological polar surface area (TPSA) is 72.5 Å². The van der Waals surface area contributed by atoms with Gasteiger partial charge in [-0.05, 0) is 25.1 Å². The molecule has 0 unspecified atom stereocenters. The summed E-state index contributed by atoms with van der Waals surface area (Å²) >= 11 is 0. The van der Waals surface area contributed by atoms with Crippen molar-refractivity contribution >= 4 is 11.6 Å². The molecule has 6 nitrogen and oxygen atoms in total. The molecule has 1 amide bonds. The Morgan fingerprint density at radius 3 is 3.12 bits per heavy atom. The van der Waals surface area contributed by atoms with Crippen molar-refractivity contribution in [3.05, 3.63) is 54.4 Å². The number of aromatic nitrogens is 1. The molecule has 2 N–H and O–H groups in total. The molecule has 24 heavy (non-hydrogen) atoms. The number of benzene rings is 1. The third kappa shape index (κ3) is 4.31. The van der Waals surface area contributed by atoms with E-state index in [1.807, 2.05) is 43.3 Å². The Kier molecular flexibility index (Phi) is 5.40. The van der Waals surface area contributed by atoms with E-state index in [2.05, 4.69) is 15.6 Å².